The second-order valence-corrected chi connectivity index (χ2v) is 8.60. The molecule has 33 heavy (non-hydrogen) atoms. The van der Waals surface area contributed by atoms with Crippen molar-refractivity contribution in [2.75, 3.05) is 31.2 Å². The number of ether oxygens (including phenoxy) is 2. The molecule has 0 fully saturated rings. The largest absolute Gasteiger partial charge is 0.494 e. The fourth-order valence-corrected chi connectivity index (χ4v) is 4.47. The number of fused-ring (bicyclic) bond motifs is 1. The van der Waals surface area contributed by atoms with E-state index < -0.39 is 0 Å². The number of anilines is 1. The summed E-state index contributed by atoms with van der Waals surface area (Å²) in [5, 5.41) is 0. The third-order valence-corrected chi connectivity index (χ3v) is 5.95. The number of hydrogen-bond acceptors (Lipinski definition) is 5. The van der Waals surface area contributed by atoms with E-state index in [1.807, 2.05) is 68.1 Å². The van der Waals surface area contributed by atoms with Crippen LogP contribution in [-0.2, 0) is 20.7 Å². The van der Waals surface area contributed by atoms with E-state index in [0.29, 0.717) is 44.0 Å². The number of carbonyl (C=O) groups excluding carboxylic acids is 2. The molecule has 2 aliphatic rings. The summed E-state index contributed by atoms with van der Waals surface area (Å²) in [6.07, 6.45) is 2.63. The van der Waals surface area contributed by atoms with Gasteiger partial charge in [0, 0.05) is 25.4 Å². The van der Waals surface area contributed by atoms with Gasteiger partial charge in [-0.15, -0.1) is 0 Å². The molecule has 0 N–H and O–H groups in total. The zero-order valence-electron chi connectivity index (χ0n) is 19.7. The Kier molecular flexibility index (Phi) is 7.14. The highest BCUT2D eigenvalue weighted by Crippen LogP contribution is 2.38. The average molecular weight is 449 g/mol. The van der Waals surface area contributed by atoms with Crippen molar-refractivity contribution in [1.29, 1.82) is 0 Å². The molecule has 0 aromatic heterocycles. The second kappa shape index (κ2) is 10.2. The Morgan fingerprint density at radius 1 is 1.00 bits per heavy atom. The van der Waals surface area contributed by atoms with Crippen molar-refractivity contribution < 1.29 is 19.1 Å². The maximum Gasteiger partial charge on any atom is 0.278 e. The molecular weight excluding hydrogens is 416 g/mol. The standard InChI is InChI=1S/C27H32N2O4/c1-4-32-22-14-12-21(13-15-22)24-25(28-16-7-10-20-9-5-6-11-23(20)28)27(31)29(26(24)30)17-8-18-33-19(2)3/h5-6,9,11-15,19H,4,7-8,10,16-18H2,1-3H3. The van der Waals surface area contributed by atoms with Gasteiger partial charge in [-0.2, -0.15) is 0 Å². The van der Waals surface area contributed by atoms with E-state index >= 15 is 0 Å². The number of para-hydroxylation sites is 1. The molecule has 0 saturated heterocycles. The van der Waals surface area contributed by atoms with Crippen molar-refractivity contribution in [3.8, 4) is 5.75 Å². The lowest BCUT2D eigenvalue weighted by Crippen LogP contribution is -2.38. The first-order valence-electron chi connectivity index (χ1n) is 11.8. The number of aryl methyl sites for hydroxylation is 1. The Balaban J connectivity index is 1.71. The SMILES string of the molecule is CCOc1ccc(C2=C(N3CCCc4ccccc43)C(=O)N(CCCOC(C)C)C2=O)cc1. The topological polar surface area (TPSA) is 59.1 Å². The zero-order chi connectivity index (χ0) is 23.4. The molecule has 6 heteroatoms. The van der Waals surface area contributed by atoms with E-state index in [0.717, 1.165) is 29.8 Å². The third kappa shape index (κ3) is 4.81. The van der Waals surface area contributed by atoms with Crippen molar-refractivity contribution in [3.63, 3.8) is 0 Å². The third-order valence-electron chi connectivity index (χ3n) is 5.95. The van der Waals surface area contributed by atoms with Crippen molar-refractivity contribution in [3.05, 3.63) is 65.4 Å². The van der Waals surface area contributed by atoms with Crippen LogP contribution in [0.2, 0.25) is 0 Å². The minimum atomic E-state index is -0.244. The van der Waals surface area contributed by atoms with E-state index in [4.69, 9.17) is 9.47 Å². The summed E-state index contributed by atoms with van der Waals surface area (Å²) in [4.78, 5) is 30.6. The lowest BCUT2D eigenvalue weighted by Gasteiger charge is -2.32. The molecule has 2 amide bonds. The predicted octanol–water partition coefficient (Wildman–Crippen LogP) is 4.43. The van der Waals surface area contributed by atoms with Gasteiger partial charge in [0.2, 0.25) is 0 Å². The molecule has 2 heterocycles. The Bertz CT molecular complexity index is 1040. The van der Waals surface area contributed by atoms with Gasteiger partial charge in [0.25, 0.3) is 11.8 Å². The van der Waals surface area contributed by atoms with Crippen LogP contribution in [0.1, 0.15) is 44.7 Å². The predicted molar refractivity (Wildman–Crippen MR) is 129 cm³/mol. The van der Waals surface area contributed by atoms with Gasteiger partial charge in [-0.05, 0) is 69.4 Å². The highest BCUT2D eigenvalue weighted by molar-refractivity contribution is 6.36. The number of amides is 2. The van der Waals surface area contributed by atoms with Crippen molar-refractivity contribution >= 4 is 23.1 Å². The van der Waals surface area contributed by atoms with Gasteiger partial charge in [-0.3, -0.25) is 14.5 Å². The highest BCUT2D eigenvalue weighted by atomic mass is 16.5. The van der Waals surface area contributed by atoms with Gasteiger partial charge in [-0.1, -0.05) is 30.3 Å². The molecule has 0 spiro atoms. The van der Waals surface area contributed by atoms with Crippen LogP contribution >= 0.6 is 0 Å². The first-order valence-corrected chi connectivity index (χ1v) is 11.8. The summed E-state index contributed by atoms with van der Waals surface area (Å²) in [5.74, 6) is 0.267. The van der Waals surface area contributed by atoms with Crippen molar-refractivity contribution in [1.82, 2.24) is 4.90 Å². The van der Waals surface area contributed by atoms with Crippen LogP contribution in [0.5, 0.6) is 5.75 Å². The summed E-state index contributed by atoms with van der Waals surface area (Å²) in [7, 11) is 0. The van der Waals surface area contributed by atoms with E-state index in [2.05, 4.69) is 6.07 Å². The summed E-state index contributed by atoms with van der Waals surface area (Å²) in [6, 6.07) is 15.6. The molecule has 2 aromatic rings. The summed E-state index contributed by atoms with van der Waals surface area (Å²) in [5.41, 5.74) is 3.88. The van der Waals surface area contributed by atoms with Gasteiger partial charge in [0.1, 0.15) is 11.4 Å². The molecule has 6 nitrogen and oxygen atoms in total. The second-order valence-electron chi connectivity index (χ2n) is 8.60. The molecule has 174 valence electrons. The van der Waals surface area contributed by atoms with Crippen LogP contribution in [0.4, 0.5) is 5.69 Å². The Morgan fingerprint density at radius 2 is 1.76 bits per heavy atom. The zero-order valence-corrected chi connectivity index (χ0v) is 19.7. The average Bonchev–Trinajstić information content (AvgIpc) is 3.06. The van der Waals surface area contributed by atoms with E-state index in [1.165, 1.54) is 10.5 Å². The molecule has 4 rings (SSSR count). The van der Waals surface area contributed by atoms with Crippen LogP contribution in [0.3, 0.4) is 0 Å². The van der Waals surface area contributed by atoms with Crippen LogP contribution in [0, 0.1) is 0 Å². The summed E-state index contributed by atoms with van der Waals surface area (Å²) >= 11 is 0. The number of rotatable bonds is 9. The highest BCUT2D eigenvalue weighted by Gasteiger charge is 2.42. The van der Waals surface area contributed by atoms with Crippen LogP contribution < -0.4 is 9.64 Å². The molecule has 0 bridgehead atoms. The Hall–Kier alpha value is -3.12. The first kappa shape index (κ1) is 23.1. The minimum Gasteiger partial charge on any atom is -0.494 e. The fraction of sp³-hybridized carbons (Fsp3) is 0.407. The van der Waals surface area contributed by atoms with Crippen molar-refractivity contribution in [2.24, 2.45) is 0 Å². The quantitative estimate of drug-likeness (QED) is 0.420. The molecule has 0 saturated carbocycles. The van der Waals surface area contributed by atoms with Gasteiger partial charge >= 0.3 is 0 Å². The summed E-state index contributed by atoms with van der Waals surface area (Å²) < 4.78 is 11.2. The summed E-state index contributed by atoms with van der Waals surface area (Å²) in [6.45, 7) is 8.01. The molecular formula is C27H32N2O4. The minimum absolute atomic E-state index is 0.118. The molecule has 0 unspecified atom stereocenters. The normalized spacial score (nSPS) is 16.1. The van der Waals surface area contributed by atoms with Gasteiger partial charge < -0.3 is 14.4 Å². The lowest BCUT2D eigenvalue weighted by atomic mass is 9.98. The molecule has 0 aliphatic carbocycles. The Morgan fingerprint density at radius 3 is 2.48 bits per heavy atom. The van der Waals surface area contributed by atoms with Gasteiger partial charge in [0.05, 0.1) is 18.3 Å². The number of imide groups is 1. The van der Waals surface area contributed by atoms with E-state index in [-0.39, 0.29) is 17.9 Å². The maximum absolute atomic E-state index is 13.6. The number of benzene rings is 2. The first-order chi connectivity index (χ1) is 16.0. The maximum atomic E-state index is 13.6. The lowest BCUT2D eigenvalue weighted by molar-refractivity contribution is -0.137. The number of carbonyl (C=O) groups is 2. The molecule has 0 radical (unpaired) electrons. The monoisotopic (exact) mass is 448 g/mol. The fourth-order valence-electron chi connectivity index (χ4n) is 4.47. The molecule has 2 aromatic carbocycles. The van der Waals surface area contributed by atoms with E-state index in [9.17, 15) is 9.59 Å². The smallest absolute Gasteiger partial charge is 0.278 e. The van der Waals surface area contributed by atoms with Gasteiger partial charge in [-0.25, -0.2) is 0 Å². The number of hydrogen-bond donors (Lipinski definition) is 0. The van der Waals surface area contributed by atoms with E-state index in [1.54, 1.807) is 0 Å². The van der Waals surface area contributed by atoms with Crippen LogP contribution in [-0.4, -0.2) is 49.1 Å². The Labute approximate surface area is 195 Å². The molecule has 2 aliphatic heterocycles. The molecule has 0 atom stereocenters. The number of nitrogens with zero attached hydrogens (tertiary/aromatic N) is 2. The van der Waals surface area contributed by atoms with Gasteiger partial charge in [0.15, 0.2) is 0 Å². The van der Waals surface area contributed by atoms with Crippen LogP contribution in [0.15, 0.2) is 54.2 Å². The van der Waals surface area contributed by atoms with Crippen LogP contribution in [0.25, 0.3) is 5.57 Å². The van der Waals surface area contributed by atoms with Crippen molar-refractivity contribution in [2.45, 2.75) is 46.1 Å².